The summed E-state index contributed by atoms with van der Waals surface area (Å²) in [6.07, 6.45) is 1.09. The van der Waals surface area contributed by atoms with E-state index in [0.29, 0.717) is 6.04 Å². The molecule has 1 atom stereocenters. The van der Waals surface area contributed by atoms with Crippen LogP contribution in [0.3, 0.4) is 0 Å². The van der Waals surface area contributed by atoms with Crippen molar-refractivity contribution >= 4 is 17.7 Å². The molecule has 16 heavy (non-hydrogen) atoms. The molecule has 5 heteroatoms. The van der Waals surface area contributed by atoms with E-state index in [4.69, 9.17) is 4.74 Å². The van der Waals surface area contributed by atoms with Crippen molar-refractivity contribution in [2.75, 3.05) is 52.4 Å². The van der Waals surface area contributed by atoms with Gasteiger partial charge in [-0.2, -0.15) is 11.8 Å². The van der Waals surface area contributed by atoms with Gasteiger partial charge in [0.1, 0.15) is 6.61 Å². The van der Waals surface area contributed by atoms with Gasteiger partial charge in [0.05, 0.1) is 6.04 Å². The van der Waals surface area contributed by atoms with E-state index in [0.717, 1.165) is 31.0 Å². The number of carbonyl (C=O) groups is 1. The molecule has 0 aromatic rings. The first-order chi connectivity index (χ1) is 7.65. The summed E-state index contributed by atoms with van der Waals surface area (Å²) in [4.78, 5) is 16.0. The Bertz CT molecular complexity index is 224. The second-order valence-electron chi connectivity index (χ2n) is 4.36. The lowest BCUT2D eigenvalue weighted by atomic mass is 10.2. The predicted molar refractivity (Wildman–Crippen MR) is 67.9 cm³/mol. The Balaban J connectivity index is 2.61. The van der Waals surface area contributed by atoms with Crippen LogP contribution in [0.25, 0.3) is 0 Å². The summed E-state index contributed by atoms with van der Waals surface area (Å²) in [6.45, 7) is 2.00. The van der Waals surface area contributed by atoms with E-state index >= 15 is 0 Å². The molecule has 0 aromatic heterocycles. The Kier molecular flexibility index (Phi) is 6.16. The molecule has 0 saturated carbocycles. The van der Waals surface area contributed by atoms with Crippen molar-refractivity contribution < 1.29 is 9.53 Å². The molecule has 1 heterocycles. The highest BCUT2D eigenvalue weighted by Crippen LogP contribution is 2.17. The van der Waals surface area contributed by atoms with Crippen molar-refractivity contribution in [3.8, 4) is 0 Å². The third-order valence-electron chi connectivity index (χ3n) is 2.60. The minimum Gasteiger partial charge on any atom is -0.375 e. The number of amides is 1. The molecule has 1 fully saturated rings. The number of methoxy groups -OCH3 is 1. The number of nitrogens with zero attached hydrogens (tertiary/aromatic N) is 2. The van der Waals surface area contributed by atoms with Crippen molar-refractivity contribution in [1.82, 2.24) is 9.80 Å². The molecule has 1 amide bonds. The summed E-state index contributed by atoms with van der Waals surface area (Å²) in [5, 5.41) is 0. The molecule has 1 unspecified atom stereocenters. The van der Waals surface area contributed by atoms with Gasteiger partial charge in [-0.1, -0.05) is 0 Å². The van der Waals surface area contributed by atoms with Crippen molar-refractivity contribution in [2.45, 2.75) is 12.5 Å². The molecule has 0 spiro atoms. The zero-order chi connectivity index (χ0) is 12.0. The van der Waals surface area contributed by atoms with Crippen molar-refractivity contribution in [1.29, 1.82) is 0 Å². The van der Waals surface area contributed by atoms with E-state index in [9.17, 15) is 4.79 Å². The molecule has 0 N–H and O–H groups in total. The number of likely N-dealkylation sites (N-methyl/N-ethyl adjacent to an activating group) is 1. The Morgan fingerprint density at radius 1 is 1.56 bits per heavy atom. The van der Waals surface area contributed by atoms with Gasteiger partial charge in [0, 0.05) is 26.0 Å². The Hall–Kier alpha value is -0.260. The number of ether oxygens (including phenoxy) is 1. The second-order valence-corrected chi connectivity index (χ2v) is 5.51. The minimum absolute atomic E-state index is 0.122. The molecule has 94 valence electrons. The van der Waals surface area contributed by atoms with E-state index in [1.165, 1.54) is 0 Å². The average Bonchev–Trinajstić information content (AvgIpc) is 2.43. The van der Waals surface area contributed by atoms with E-state index < -0.39 is 0 Å². The van der Waals surface area contributed by atoms with E-state index in [-0.39, 0.29) is 12.5 Å². The van der Waals surface area contributed by atoms with Gasteiger partial charge in [0.2, 0.25) is 5.91 Å². The molecule has 4 nitrogen and oxygen atoms in total. The summed E-state index contributed by atoms with van der Waals surface area (Å²) < 4.78 is 4.94. The first-order valence-electron chi connectivity index (χ1n) is 5.66. The minimum atomic E-state index is 0.122. The normalized spacial score (nSPS) is 22.2. The van der Waals surface area contributed by atoms with Gasteiger partial charge in [0.15, 0.2) is 0 Å². The summed E-state index contributed by atoms with van der Waals surface area (Å²) in [5.74, 6) is 2.31. The van der Waals surface area contributed by atoms with Crippen LogP contribution in [0.4, 0.5) is 0 Å². The lowest BCUT2D eigenvalue weighted by Crippen LogP contribution is -2.47. The van der Waals surface area contributed by atoms with Gasteiger partial charge in [-0.05, 0) is 26.3 Å². The topological polar surface area (TPSA) is 32.8 Å². The number of carbonyl (C=O) groups excluding carboxylic acids is 1. The molecule has 0 radical (unpaired) electrons. The average molecular weight is 246 g/mol. The van der Waals surface area contributed by atoms with Crippen LogP contribution in [-0.2, 0) is 9.53 Å². The van der Waals surface area contributed by atoms with Crippen LogP contribution in [-0.4, -0.2) is 74.2 Å². The van der Waals surface area contributed by atoms with Crippen LogP contribution in [0.1, 0.15) is 6.42 Å². The van der Waals surface area contributed by atoms with E-state index in [1.54, 1.807) is 7.11 Å². The lowest BCUT2D eigenvalue weighted by molar-refractivity contribution is -0.137. The maximum Gasteiger partial charge on any atom is 0.248 e. The fraction of sp³-hybridized carbons (Fsp3) is 0.909. The third kappa shape index (κ3) is 4.31. The Labute approximate surface area is 102 Å². The second kappa shape index (κ2) is 7.14. The molecule has 1 aliphatic rings. The number of hydrogen-bond acceptors (Lipinski definition) is 4. The molecule has 1 aliphatic heterocycles. The number of rotatable bonds is 4. The third-order valence-corrected chi connectivity index (χ3v) is 3.80. The SMILES string of the molecule is COCC(=O)N1CCCSCC1CN(C)C. The van der Waals surface area contributed by atoms with Crippen molar-refractivity contribution in [3.63, 3.8) is 0 Å². The van der Waals surface area contributed by atoms with Crippen LogP contribution in [0.5, 0.6) is 0 Å². The van der Waals surface area contributed by atoms with E-state index in [1.807, 2.05) is 16.7 Å². The van der Waals surface area contributed by atoms with Crippen LogP contribution < -0.4 is 0 Å². The fourth-order valence-electron chi connectivity index (χ4n) is 1.94. The van der Waals surface area contributed by atoms with Crippen LogP contribution in [0, 0.1) is 0 Å². The first kappa shape index (κ1) is 13.8. The standard InChI is InChI=1S/C11H22N2O2S/c1-12(2)7-10-9-16-6-4-5-13(10)11(14)8-15-3/h10H,4-9H2,1-3H3. The van der Waals surface area contributed by atoms with Crippen LogP contribution in [0.15, 0.2) is 0 Å². The molecule has 1 saturated heterocycles. The predicted octanol–water partition coefficient (Wildman–Crippen LogP) is 0.528. The fourth-order valence-corrected chi connectivity index (χ4v) is 2.99. The molecule has 1 rings (SSSR count). The van der Waals surface area contributed by atoms with Gasteiger partial charge in [-0.15, -0.1) is 0 Å². The number of hydrogen-bond donors (Lipinski definition) is 0. The summed E-state index contributed by atoms with van der Waals surface area (Å²) in [7, 11) is 5.68. The van der Waals surface area contributed by atoms with Crippen molar-refractivity contribution in [3.05, 3.63) is 0 Å². The van der Waals surface area contributed by atoms with Gasteiger partial charge in [-0.3, -0.25) is 4.79 Å². The lowest BCUT2D eigenvalue weighted by Gasteiger charge is -2.31. The summed E-state index contributed by atoms with van der Waals surface area (Å²) in [6, 6.07) is 0.324. The largest absolute Gasteiger partial charge is 0.375 e. The monoisotopic (exact) mass is 246 g/mol. The highest BCUT2D eigenvalue weighted by molar-refractivity contribution is 7.99. The quantitative estimate of drug-likeness (QED) is 0.724. The van der Waals surface area contributed by atoms with Crippen molar-refractivity contribution in [2.24, 2.45) is 0 Å². The molecule has 0 aliphatic carbocycles. The first-order valence-corrected chi connectivity index (χ1v) is 6.81. The number of thioether (sulfide) groups is 1. The maximum absolute atomic E-state index is 11.9. The zero-order valence-electron chi connectivity index (χ0n) is 10.4. The maximum atomic E-state index is 11.9. The van der Waals surface area contributed by atoms with Gasteiger partial charge in [-0.25, -0.2) is 0 Å². The zero-order valence-corrected chi connectivity index (χ0v) is 11.3. The highest BCUT2D eigenvalue weighted by atomic mass is 32.2. The van der Waals surface area contributed by atoms with Crippen LogP contribution in [0.2, 0.25) is 0 Å². The van der Waals surface area contributed by atoms with Gasteiger partial charge in [0.25, 0.3) is 0 Å². The Morgan fingerprint density at radius 2 is 2.31 bits per heavy atom. The molecular weight excluding hydrogens is 224 g/mol. The molecule has 0 aromatic carbocycles. The Morgan fingerprint density at radius 3 is 2.94 bits per heavy atom. The van der Waals surface area contributed by atoms with Gasteiger partial charge >= 0.3 is 0 Å². The van der Waals surface area contributed by atoms with Gasteiger partial charge < -0.3 is 14.5 Å². The highest BCUT2D eigenvalue weighted by Gasteiger charge is 2.25. The summed E-state index contributed by atoms with van der Waals surface area (Å²) >= 11 is 1.94. The molecular formula is C11H22N2O2S. The molecule has 0 bridgehead atoms. The summed E-state index contributed by atoms with van der Waals surface area (Å²) in [5.41, 5.74) is 0. The van der Waals surface area contributed by atoms with Crippen LogP contribution >= 0.6 is 11.8 Å². The smallest absolute Gasteiger partial charge is 0.248 e. The van der Waals surface area contributed by atoms with E-state index in [2.05, 4.69) is 19.0 Å².